The van der Waals surface area contributed by atoms with Crippen molar-refractivity contribution >= 4 is 22.6 Å². The maximum Gasteiger partial charge on any atom is 0.0197 e. The van der Waals surface area contributed by atoms with E-state index in [4.69, 9.17) is 0 Å². The van der Waals surface area contributed by atoms with Gasteiger partial charge in [0, 0.05) is 3.92 Å². The first-order valence-corrected chi connectivity index (χ1v) is 3.99. The van der Waals surface area contributed by atoms with Gasteiger partial charge in [-0.2, -0.15) is 0 Å². The van der Waals surface area contributed by atoms with Crippen LogP contribution in [0.2, 0.25) is 0 Å². The van der Waals surface area contributed by atoms with E-state index in [2.05, 4.69) is 27.9 Å². The Labute approximate surface area is 57.0 Å². The molecule has 2 rings (SSSR count). The number of hydrogen-bond acceptors (Lipinski definition) is 1. The fourth-order valence-electron chi connectivity index (χ4n) is 1.34. The fourth-order valence-corrected chi connectivity index (χ4v) is 2.68. The van der Waals surface area contributed by atoms with E-state index in [0.717, 1.165) is 15.8 Å². The molecule has 2 atom stereocenters. The highest BCUT2D eigenvalue weighted by molar-refractivity contribution is 14.1. The van der Waals surface area contributed by atoms with E-state index in [0.29, 0.717) is 0 Å². The highest BCUT2D eigenvalue weighted by Crippen LogP contribution is 2.47. The van der Waals surface area contributed by atoms with Gasteiger partial charge in [-0.05, 0) is 24.9 Å². The van der Waals surface area contributed by atoms with Gasteiger partial charge in [0.15, 0.2) is 0 Å². The third-order valence-electron chi connectivity index (χ3n) is 1.99. The second-order valence-corrected chi connectivity index (χ2v) is 3.87. The van der Waals surface area contributed by atoms with E-state index in [9.17, 15) is 0 Å². The molecule has 1 heterocycles. The fraction of sp³-hybridized carbons (Fsp3) is 1.00. The molecule has 1 saturated heterocycles. The smallest absolute Gasteiger partial charge is 0.0197 e. The number of nitrogens with one attached hydrogen (secondary N) is 1. The van der Waals surface area contributed by atoms with Gasteiger partial charge in [-0.3, -0.25) is 0 Å². The lowest BCUT2D eigenvalue weighted by molar-refractivity contribution is 0.745. The van der Waals surface area contributed by atoms with Crippen LogP contribution in [0.15, 0.2) is 0 Å². The highest BCUT2D eigenvalue weighted by Gasteiger charge is 2.50. The van der Waals surface area contributed by atoms with Gasteiger partial charge in [0.2, 0.25) is 0 Å². The van der Waals surface area contributed by atoms with Gasteiger partial charge < -0.3 is 5.32 Å². The van der Waals surface area contributed by atoms with Crippen molar-refractivity contribution in [2.75, 3.05) is 13.1 Å². The number of fused-ring (bicyclic) bond motifs is 1. The van der Waals surface area contributed by atoms with Crippen LogP contribution >= 0.6 is 22.6 Å². The van der Waals surface area contributed by atoms with Crippen LogP contribution in [0, 0.1) is 11.8 Å². The van der Waals surface area contributed by atoms with Crippen molar-refractivity contribution in [1.29, 1.82) is 0 Å². The van der Waals surface area contributed by atoms with Gasteiger partial charge in [-0.15, -0.1) is 0 Å². The maximum atomic E-state index is 3.35. The van der Waals surface area contributed by atoms with Crippen molar-refractivity contribution in [3.8, 4) is 0 Å². The molecule has 0 bridgehead atoms. The summed E-state index contributed by atoms with van der Waals surface area (Å²) in [5, 5.41) is 3.35. The molecule has 2 fully saturated rings. The van der Waals surface area contributed by atoms with Crippen molar-refractivity contribution < 1.29 is 0 Å². The van der Waals surface area contributed by atoms with E-state index >= 15 is 0 Å². The minimum atomic E-state index is 1.03. The van der Waals surface area contributed by atoms with E-state index in [-0.39, 0.29) is 0 Å². The van der Waals surface area contributed by atoms with Crippen LogP contribution in [0.5, 0.6) is 0 Å². The molecule has 2 unspecified atom stereocenters. The largest absolute Gasteiger partial charge is 0.316 e. The molecule has 0 amide bonds. The van der Waals surface area contributed by atoms with Crippen molar-refractivity contribution in [3.63, 3.8) is 0 Å². The normalized spacial score (nSPS) is 57.0. The summed E-state index contributed by atoms with van der Waals surface area (Å²) in [4.78, 5) is 0. The molecule has 1 saturated carbocycles. The molecule has 0 radical (unpaired) electrons. The van der Waals surface area contributed by atoms with Crippen LogP contribution in [-0.2, 0) is 0 Å². The molecule has 1 N–H and O–H groups in total. The molecule has 0 aromatic carbocycles. The van der Waals surface area contributed by atoms with Gasteiger partial charge in [-0.25, -0.2) is 0 Å². The molecule has 0 aromatic rings. The molecule has 1 aliphatic carbocycles. The first kappa shape index (κ1) is 4.56. The summed E-state index contributed by atoms with van der Waals surface area (Å²) in [7, 11) is 0. The Bertz CT molecular complexity index is 84.1. The molecule has 2 aliphatic rings. The predicted octanol–water partition coefficient (Wildman–Crippen LogP) is 0.639. The molecule has 1 nitrogen and oxygen atoms in total. The zero-order valence-corrected chi connectivity index (χ0v) is 6.18. The Hall–Kier alpha value is 0.690. The molecule has 7 heavy (non-hydrogen) atoms. The zero-order chi connectivity index (χ0) is 4.85. The first-order chi connectivity index (χ1) is 3.39. The Kier molecular flexibility index (Phi) is 0.876. The van der Waals surface area contributed by atoms with Gasteiger partial charge in [0.05, 0.1) is 0 Å². The Balaban J connectivity index is 2.06. The van der Waals surface area contributed by atoms with Gasteiger partial charge in [0.25, 0.3) is 0 Å². The lowest BCUT2D eigenvalue weighted by Crippen LogP contribution is -2.14. The lowest BCUT2D eigenvalue weighted by Gasteiger charge is -1.92. The number of hydrogen-bond donors (Lipinski definition) is 1. The monoisotopic (exact) mass is 209 g/mol. The summed E-state index contributed by atoms with van der Waals surface area (Å²) in [5.41, 5.74) is 0. The molecule has 0 spiro atoms. The van der Waals surface area contributed by atoms with Crippen molar-refractivity contribution in [2.24, 2.45) is 11.8 Å². The van der Waals surface area contributed by atoms with E-state index < -0.39 is 0 Å². The highest BCUT2D eigenvalue weighted by atomic mass is 127. The average molecular weight is 209 g/mol. The second-order valence-electron chi connectivity index (χ2n) is 2.43. The Morgan fingerprint density at radius 1 is 1.29 bits per heavy atom. The Morgan fingerprint density at radius 2 is 1.86 bits per heavy atom. The number of piperidine rings is 1. The molecular weight excluding hydrogens is 201 g/mol. The number of alkyl halides is 1. The zero-order valence-electron chi connectivity index (χ0n) is 4.02. The third-order valence-corrected chi connectivity index (χ3v) is 3.83. The first-order valence-electron chi connectivity index (χ1n) is 2.74. The van der Waals surface area contributed by atoms with Gasteiger partial charge >= 0.3 is 0 Å². The summed E-state index contributed by atoms with van der Waals surface area (Å²) in [6.07, 6.45) is 0. The van der Waals surface area contributed by atoms with E-state index in [1.165, 1.54) is 13.1 Å². The minimum Gasteiger partial charge on any atom is -0.316 e. The van der Waals surface area contributed by atoms with Crippen LogP contribution < -0.4 is 5.32 Å². The van der Waals surface area contributed by atoms with Crippen LogP contribution in [0.25, 0.3) is 0 Å². The van der Waals surface area contributed by atoms with Crippen LogP contribution in [-0.4, -0.2) is 17.0 Å². The van der Waals surface area contributed by atoms with E-state index in [1.54, 1.807) is 0 Å². The second kappa shape index (κ2) is 1.35. The average Bonchev–Trinajstić information content (AvgIpc) is 2.26. The van der Waals surface area contributed by atoms with Crippen molar-refractivity contribution in [2.45, 2.75) is 3.92 Å². The molecule has 2 heteroatoms. The summed E-state index contributed by atoms with van der Waals surface area (Å²) < 4.78 is 1.03. The molecule has 0 aromatic heterocycles. The predicted molar refractivity (Wildman–Crippen MR) is 37.7 cm³/mol. The summed E-state index contributed by atoms with van der Waals surface area (Å²) in [6.45, 7) is 2.58. The van der Waals surface area contributed by atoms with Crippen molar-refractivity contribution in [1.82, 2.24) is 5.32 Å². The van der Waals surface area contributed by atoms with Crippen molar-refractivity contribution in [3.05, 3.63) is 0 Å². The maximum absolute atomic E-state index is 3.35. The SMILES string of the molecule is IC1C2CNCC12. The number of rotatable bonds is 0. The van der Waals surface area contributed by atoms with Crippen LogP contribution in [0.3, 0.4) is 0 Å². The van der Waals surface area contributed by atoms with Gasteiger partial charge in [-0.1, -0.05) is 22.6 Å². The Morgan fingerprint density at radius 3 is 2.14 bits per heavy atom. The number of halogens is 1. The summed E-state index contributed by atoms with van der Waals surface area (Å²) in [6, 6.07) is 0. The molecular formula is C5H8IN. The molecule has 1 aliphatic heterocycles. The molecule has 40 valence electrons. The summed E-state index contributed by atoms with van der Waals surface area (Å²) >= 11 is 2.55. The standard InChI is InChI=1S/C5H8IN/c6-5-3-1-7-2-4(3)5/h3-5,7H,1-2H2. The lowest BCUT2D eigenvalue weighted by atomic mass is 10.4. The van der Waals surface area contributed by atoms with Crippen LogP contribution in [0.4, 0.5) is 0 Å². The third kappa shape index (κ3) is 0.528. The van der Waals surface area contributed by atoms with Gasteiger partial charge in [0.1, 0.15) is 0 Å². The quantitative estimate of drug-likeness (QED) is 0.456. The summed E-state index contributed by atoms with van der Waals surface area (Å²) in [5.74, 6) is 2.11. The van der Waals surface area contributed by atoms with Crippen LogP contribution in [0.1, 0.15) is 0 Å². The van der Waals surface area contributed by atoms with E-state index in [1.807, 2.05) is 0 Å². The topological polar surface area (TPSA) is 12.0 Å². The minimum absolute atomic E-state index is 1.03.